The second-order valence-electron chi connectivity index (χ2n) is 7.21. The van der Waals surface area contributed by atoms with Crippen molar-refractivity contribution in [3.63, 3.8) is 0 Å². The number of carbonyl (C=O) groups excluding carboxylic acids is 1. The van der Waals surface area contributed by atoms with Crippen molar-refractivity contribution in [2.45, 2.75) is 57.6 Å². The van der Waals surface area contributed by atoms with Gasteiger partial charge in [0.15, 0.2) is 0 Å². The van der Waals surface area contributed by atoms with Gasteiger partial charge in [-0.25, -0.2) is 4.79 Å². The summed E-state index contributed by atoms with van der Waals surface area (Å²) in [6, 6.07) is 8.29. The molecule has 2 heterocycles. The lowest BCUT2D eigenvalue weighted by atomic mass is 9.90. The van der Waals surface area contributed by atoms with Crippen molar-refractivity contribution in [3.8, 4) is 0 Å². The fourth-order valence-electron chi connectivity index (χ4n) is 3.33. The number of carbonyl (C=O) groups is 1. The van der Waals surface area contributed by atoms with E-state index in [1.165, 1.54) is 5.56 Å². The molecule has 2 bridgehead atoms. The van der Waals surface area contributed by atoms with Crippen molar-refractivity contribution in [1.82, 2.24) is 4.90 Å². The van der Waals surface area contributed by atoms with Crippen molar-refractivity contribution in [1.29, 1.82) is 0 Å². The molecule has 4 heteroatoms. The standard InChI is InChI=1S/C18H24N2O2/c1-18(2,3)22-17(21)20-15-8-9-16(20)11-13(10-15)12-4-6-14(19)7-5-12/h4-7,10,13,16H,8-9,11,19H2,1-3H3. The molecular weight excluding hydrogens is 276 g/mol. The molecule has 118 valence electrons. The number of rotatable bonds is 1. The molecule has 0 radical (unpaired) electrons. The third-order valence-electron chi connectivity index (χ3n) is 4.28. The van der Waals surface area contributed by atoms with Crippen molar-refractivity contribution in [2.24, 2.45) is 0 Å². The predicted molar refractivity (Wildman–Crippen MR) is 87.4 cm³/mol. The maximum absolute atomic E-state index is 12.4. The lowest BCUT2D eigenvalue weighted by Gasteiger charge is -2.34. The van der Waals surface area contributed by atoms with Gasteiger partial charge >= 0.3 is 6.09 Å². The molecule has 0 saturated carbocycles. The van der Waals surface area contributed by atoms with Crippen molar-refractivity contribution in [2.75, 3.05) is 5.73 Å². The van der Waals surface area contributed by atoms with Crippen LogP contribution in [0.4, 0.5) is 10.5 Å². The summed E-state index contributed by atoms with van der Waals surface area (Å²) in [6.45, 7) is 5.72. The largest absolute Gasteiger partial charge is 0.443 e. The molecule has 2 N–H and O–H groups in total. The average molecular weight is 300 g/mol. The van der Waals surface area contributed by atoms with Crippen LogP contribution in [0.1, 0.15) is 51.5 Å². The second-order valence-corrected chi connectivity index (χ2v) is 7.21. The smallest absolute Gasteiger partial charge is 0.414 e. The van der Waals surface area contributed by atoms with Crippen LogP contribution in [0.15, 0.2) is 36.0 Å². The third kappa shape index (κ3) is 2.96. The van der Waals surface area contributed by atoms with Crippen LogP contribution in [0.25, 0.3) is 0 Å². The predicted octanol–water partition coefficient (Wildman–Crippen LogP) is 4.04. The molecule has 2 aliphatic heterocycles. The minimum absolute atomic E-state index is 0.211. The Bertz CT molecular complexity index is 599. The summed E-state index contributed by atoms with van der Waals surface area (Å²) in [6.07, 6.45) is 4.94. The molecule has 22 heavy (non-hydrogen) atoms. The summed E-state index contributed by atoms with van der Waals surface area (Å²) in [7, 11) is 0. The van der Waals surface area contributed by atoms with Crippen molar-refractivity contribution >= 4 is 11.8 Å². The van der Waals surface area contributed by atoms with Gasteiger partial charge in [0.05, 0.1) is 0 Å². The molecule has 0 spiro atoms. The maximum atomic E-state index is 12.4. The van der Waals surface area contributed by atoms with Gasteiger partial charge in [0, 0.05) is 23.3 Å². The number of amides is 1. The zero-order chi connectivity index (χ0) is 15.9. The number of hydrogen-bond donors (Lipinski definition) is 1. The third-order valence-corrected chi connectivity index (χ3v) is 4.28. The van der Waals surface area contributed by atoms with Gasteiger partial charge in [-0.15, -0.1) is 0 Å². The van der Waals surface area contributed by atoms with E-state index in [0.717, 1.165) is 30.6 Å². The number of allylic oxidation sites excluding steroid dienone is 2. The Kier molecular flexibility index (Phi) is 3.63. The van der Waals surface area contributed by atoms with Gasteiger partial charge in [-0.3, -0.25) is 4.90 Å². The number of nitrogens with two attached hydrogens (primary N) is 1. The summed E-state index contributed by atoms with van der Waals surface area (Å²) < 4.78 is 5.54. The Morgan fingerprint density at radius 2 is 1.95 bits per heavy atom. The maximum Gasteiger partial charge on any atom is 0.414 e. The highest BCUT2D eigenvalue weighted by Gasteiger charge is 2.40. The highest BCUT2D eigenvalue weighted by Crippen LogP contribution is 2.42. The van der Waals surface area contributed by atoms with Gasteiger partial charge in [-0.1, -0.05) is 18.2 Å². The number of anilines is 1. The van der Waals surface area contributed by atoms with Crippen LogP contribution in [0.3, 0.4) is 0 Å². The number of benzene rings is 1. The normalized spacial score (nSPS) is 24.1. The molecule has 1 saturated heterocycles. The van der Waals surface area contributed by atoms with E-state index in [1.807, 2.05) is 37.8 Å². The first-order chi connectivity index (χ1) is 10.3. The minimum Gasteiger partial charge on any atom is -0.443 e. The highest BCUT2D eigenvalue weighted by atomic mass is 16.6. The quantitative estimate of drug-likeness (QED) is 0.796. The van der Waals surface area contributed by atoms with Crippen LogP contribution in [-0.4, -0.2) is 22.6 Å². The summed E-state index contributed by atoms with van der Waals surface area (Å²) in [5.41, 5.74) is 8.46. The molecule has 2 atom stereocenters. The van der Waals surface area contributed by atoms with Gasteiger partial charge in [0.1, 0.15) is 5.60 Å². The van der Waals surface area contributed by atoms with E-state index in [2.05, 4.69) is 18.2 Å². The molecule has 1 aromatic rings. The number of fused-ring (bicyclic) bond motifs is 2. The zero-order valence-corrected chi connectivity index (χ0v) is 13.5. The molecule has 3 rings (SSSR count). The lowest BCUT2D eigenvalue weighted by molar-refractivity contribution is 0.0258. The molecule has 2 aliphatic rings. The van der Waals surface area contributed by atoms with Crippen LogP contribution in [0.5, 0.6) is 0 Å². The van der Waals surface area contributed by atoms with E-state index in [-0.39, 0.29) is 12.1 Å². The molecule has 0 aliphatic carbocycles. The van der Waals surface area contributed by atoms with Crippen LogP contribution in [0.2, 0.25) is 0 Å². The molecule has 4 nitrogen and oxygen atoms in total. The average Bonchev–Trinajstić information content (AvgIpc) is 2.69. The first-order valence-corrected chi connectivity index (χ1v) is 7.92. The van der Waals surface area contributed by atoms with Gasteiger partial charge in [0.25, 0.3) is 0 Å². The van der Waals surface area contributed by atoms with E-state index in [1.54, 1.807) is 0 Å². The van der Waals surface area contributed by atoms with Crippen LogP contribution >= 0.6 is 0 Å². The topological polar surface area (TPSA) is 55.6 Å². The molecule has 1 fully saturated rings. The fourth-order valence-corrected chi connectivity index (χ4v) is 3.33. The Labute approximate surface area is 131 Å². The first kappa shape index (κ1) is 14.9. The van der Waals surface area contributed by atoms with Gasteiger partial charge in [-0.2, -0.15) is 0 Å². The summed E-state index contributed by atoms with van der Waals surface area (Å²) in [4.78, 5) is 14.3. The van der Waals surface area contributed by atoms with Gasteiger partial charge in [0.2, 0.25) is 0 Å². The number of nitrogens with zero attached hydrogens (tertiary/aromatic N) is 1. The molecule has 1 amide bonds. The van der Waals surface area contributed by atoms with E-state index in [9.17, 15) is 4.79 Å². The van der Waals surface area contributed by atoms with E-state index >= 15 is 0 Å². The van der Waals surface area contributed by atoms with Crippen LogP contribution < -0.4 is 5.73 Å². The Hall–Kier alpha value is -1.97. The second kappa shape index (κ2) is 5.34. The minimum atomic E-state index is -0.453. The van der Waals surface area contributed by atoms with E-state index < -0.39 is 5.60 Å². The fraction of sp³-hybridized carbons (Fsp3) is 0.500. The van der Waals surface area contributed by atoms with Crippen molar-refractivity contribution < 1.29 is 9.53 Å². The summed E-state index contributed by atoms with van der Waals surface area (Å²) in [5.74, 6) is 0.363. The van der Waals surface area contributed by atoms with Crippen LogP contribution in [-0.2, 0) is 4.74 Å². The molecular formula is C18H24N2O2. The molecule has 2 unspecified atom stereocenters. The number of ether oxygens (including phenoxy) is 1. The summed E-state index contributed by atoms with van der Waals surface area (Å²) >= 11 is 0. The SMILES string of the molecule is CC(C)(C)OC(=O)N1C2=CC(c3ccc(N)cc3)CC1CC2. The molecule has 1 aromatic carbocycles. The highest BCUT2D eigenvalue weighted by molar-refractivity contribution is 5.72. The Morgan fingerprint density at radius 1 is 1.27 bits per heavy atom. The van der Waals surface area contributed by atoms with Gasteiger partial charge < -0.3 is 10.5 Å². The zero-order valence-electron chi connectivity index (χ0n) is 13.5. The van der Waals surface area contributed by atoms with E-state index in [4.69, 9.17) is 10.5 Å². The first-order valence-electron chi connectivity index (χ1n) is 7.92. The lowest BCUT2D eigenvalue weighted by Crippen LogP contribution is -2.41. The Balaban J connectivity index is 1.80. The molecule has 0 aromatic heterocycles. The summed E-state index contributed by atoms with van der Waals surface area (Å²) in [5, 5.41) is 0. The van der Waals surface area contributed by atoms with Gasteiger partial charge in [-0.05, 0) is 57.7 Å². The van der Waals surface area contributed by atoms with Crippen molar-refractivity contribution in [3.05, 3.63) is 41.6 Å². The number of hydrogen-bond acceptors (Lipinski definition) is 3. The number of nitrogen functional groups attached to an aromatic ring is 1. The Morgan fingerprint density at radius 3 is 2.55 bits per heavy atom. The van der Waals surface area contributed by atoms with E-state index in [0.29, 0.717) is 5.92 Å². The van der Waals surface area contributed by atoms with Crippen LogP contribution in [0, 0.1) is 0 Å². The monoisotopic (exact) mass is 300 g/mol.